The van der Waals surface area contributed by atoms with E-state index in [9.17, 15) is 9.90 Å². The number of amides is 1. The molecule has 2 heterocycles. The third kappa shape index (κ3) is 2.24. The zero-order valence-electron chi connectivity index (χ0n) is 9.84. The molecule has 5 nitrogen and oxygen atoms in total. The van der Waals surface area contributed by atoms with Crippen LogP contribution in [0.4, 0.5) is 0 Å². The molecule has 2 rings (SSSR count). The zero-order valence-corrected chi connectivity index (χ0v) is 9.84. The van der Waals surface area contributed by atoms with Crippen LogP contribution >= 0.6 is 0 Å². The molecule has 1 aromatic heterocycles. The van der Waals surface area contributed by atoms with Crippen LogP contribution in [0, 0.1) is 5.92 Å². The van der Waals surface area contributed by atoms with Gasteiger partial charge in [-0.25, -0.2) is 4.98 Å². The Morgan fingerprint density at radius 2 is 2.47 bits per heavy atom. The first-order chi connectivity index (χ1) is 8.13. The fourth-order valence-corrected chi connectivity index (χ4v) is 2.29. The Hall–Kier alpha value is -1.62. The molecule has 0 aromatic carbocycles. The molecular weight excluding hydrogens is 218 g/mol. The van der Waals surface area contributed by atoms with E-state index in [1.807, 2.05) is 6.92 Å². The Morgan fingerprint density at radius 3 is 3.06 bits per heavy atom. The number of pyridine rings is 1. The molecule has 1 saturated heterocycles. The SMILES string of the molecule is CC1CC(CN)CN1C(=O)c1ncccc1O. The number of aromatic nitrogens is 1. The standard InChI is InChI=1S/C12H17N3O2/c1-8-5-9(6-13)7-15(8)12(17)11-10(16)3-2-4-14-11/h2-4,8-9,16H,5-7,13H2,1H3. The van der Waals surface area contributed by atoms with Crippen LogP contribution in [0.15, 0.2) is 18.3 Å². The van der Waals surface area contributed by atoms with Crippen LogP contribution < -0.4 is 5.73 Å². The van der Waals surface area contributed by atoms with Crippen LogP contribution in [-0.4, -0.2) is 40.0 Å². The monoisotopic (exact) mass is 235 g/mol. The molecule has 0 saturated carbocycles. The number of nitrogens with zero attached hydrogens (tertiary/aromatic N) is 2. The van der Waals surface area contributed by atoms with E-state index in [4.69, 9.17) is 5.73 Å². The molecule has 17 heavy (non-hydrogen) atoms. The number of rotatable bonds is 2. The van der Waals surface area contributed by atoms with Crippen molar-refractivity contribution in [2.45, 2.75) is 19.4 Å². The zero-order chi connectivity index (χ0) is 12.4. The largest absolute Gasteiger partial charge is 0.505 e. The maximum absolute atomic E-state index is 12.2. The highest BCUT2D eigenvalue weighted by molar-refractivity contribution is 5.95. The summed E-state index contributed by atoms with van der Waals surface area (Å²) < 4.78 is 0. The molecule has 0 aliphatic carbocycles. The lowest BCUT2D eigenvalue weighted by Crippen LogP contribution is -2.35. The average Bonchev–Trinajstić information content (AvgIpc) is 2.70. The molecule has 2 atom stereocenters. The molecule has 1 amide bonds. The molecule has 1 aliphatic rings. The summed E-state index contributed by atoms with van der Waals surface area (Å²) in [6.07, 6.45) is 2.42. The van der Waals surface area contributed by atoms with E-state index < -0.39 is 0 Å². The van der Waals surface area contributed by atoms with Crippen molar-refractivity contribution in [3.05, 3.63) is 24.0 Å². The second kappa shape index (κ2) is 4.71. The van der Waals surface area contributed by atoms with Gasteiger partial charge >= 0.3 is 0 Å². The van der Waals surface area contributed by atoms with Crippen molar-refractivity contribution in [3.8, 4) is 5.75 Å². The van der Waals surface area contributed by atoms with Crippen molar-refractivity contribution in [3.63, 3.8) is 0 Å². The summed E-state index contributed by atoms with van der Waals surface area (Å²) in [4.78, 5) is 17.9. The molecule has 5 heteroatoms. The normalized spacial score (nSPS) is 24.0. The third-order valence-electron chi connectivity index (χ3n) is 3.24. The topological polar surface area (TPSA) is 79.5 Å². The van der Waals surface area contributed by atoms with Crippen molar-refractivity contribution < 1.29 is 9.90 Å². The molecular formula is C12H17N3O2. The van der Waals surface area contributed by atoms with E-state index in [1.165, 1.54) is 12.3 Å². The number of hydrogen-bond acceptors (Lipinski definition) is 4. The molecule has 1 aromatic rings. The number of nitrogens with two attached hydrogens (primary N) is 1. The van der Waals surface area contributed by atoms with Gasteiger partial charge in [-0.05, 0) is 37.9 Å². The van der Waals surface area contributed by atoms with Crippen LogP contribution in [0.5, 0.6) is 5.75 Å². The number of aromatic hydroxyl groups is 1. The Morgan fingerprint density at radius 1 is 1.71 bits per heavy atom. The first-order valence-corrected chi connectivity index (χ1v) is 5.78. The van der Waals surface area contributed by atoms with Crippen LogP contribution in [-0.2, 0) is 0 Å². The summed E-state index contributed by atoms with van der Waals surface area (Å²) in [6, 6.07) is 3.22. The van der Waals surface area contributed by atoms with Crippen molar-refractivity contribution in [1.82, 2.24) is 9.88 Å². The first kappa shape index (κ1) is 11.9. The van der Waals surface area contributed by atoms with Gasteiger partial charge in [-0.3, -0.25) is 4.79 Å². The molecule has 1 aliphatic heterocycles. The quantitative estimate of drug-likeness (QED) is 0.786. The number of carbonyl (C=O) groups excluding carboxylic acids is 1. The lowest BCUT2D eigenvalue weighted by atomic mass is 10.1. The van der Waals surface area contributed by atoms with Gasteiger partial charge in [-0.15, -0.1) is 0 Å². The van der Waals surface area contributed by atoms with Gasteiger partial charge in [0.05, 0.1) is 0 Å². The minimum Gasteiger partial charge on any atom is -0.505 e. The van der Waals surface area contributed by atoms with Crippen LogP contribution in [0.25, 0.3) is 0 Å². The molecule has 2 unspecified atom stereocenters. The average molecular weight is 235 g/mol. The highest BCUT2D eigenvalue weighted by Crippen LogP contribution is 2.25. The number of likely N-dealkylation sites (tertiary alicyclic amines) is 1. The smallest absolute Gasteiger partial charge is 0.276 e. The van der Waals surface area contributed by atoms with Gasteiger partial charge in [0.2, 0.25) is 0 Å². The molecule has 0 bridgehead atoms. The highest BCUT2D eigenvalue weighted by Gasteiger charge is 2.33. The molecule has 1 fully saturated rings. The van der Waals surface area contributed by atoms with Crippen molar-refractivity contribution in [2.24, 2.45) is 11.7 Å². The van der Waals surface area contributed by atoms with Crippen molar-refractivity contribution in [1.29, 1.82) is 0 Å². The van der Waals surface area contributed by atoms with E-state index in [-0.39, 0.29) is 23.4 Å². The van der Waals surface area contributed by atoms with Gasteiger partial charge in [0.15, 0.2) is 5.69 Å². The predicted molar refractivity (Wildman–Crippen MR) is 63.6 cm³/mol. The lowest BCUT2D eigenvalue weighted by molar-refractivity contribution is 0.0734. The highest BCUT2D eigenvalue weighted by atomic mass is 16.3. The Kier molecular flexibility index (Phi) is 3.28. The summed E-state index contributed by atoms with van der Waals surface area (Å²) in [6.45, 7) is 3.22. The van der Waals surface area contributed by atoms with E-state index in [2.05, 4.69) is 4.98 Å². The maximum atomic E-state index is 12.2. The second-order valence-corrected chi connectivity index (χ2v) is 4.52. The first-order valence-electron chi connectivity index (χ1n) is 5.78. The van der Waals surface area contributed by atoms with E-state index >= 15 is 0 Å². The number of carbonyl (C=O) groups is 1. The summed E-state index contributed by atoms with van der Waals surface area (Å²) in [5.74, 6) is 0.0623. The molecule has 0 radical (unpaired) electrons. The fraction of sp³-hybridized carbons (Fsp3) is 0.500. The Bertz CT molecular complexity index is 422. The predicted octanol–water partition coefficient (Wildman–Crippen LogP) is 0.596. The molecule has 92 valence electrons. The van der Waals surface area contributed by atoms with Gasteiger partial charge in [0.1, 0.15) is 5.75 Å². The summed E-state index contributed by atoms with van der Waals surface area (Å²) in [5.41, 5.74) is 5.75. The van der Waals surface area contributed by atoms with Gasteiger partial charge in [0, 0.05) is 18.8 Å². The maximum Gasteiger partial charge on any atom is 0.276 e. The molecule has 3 N–H and O–H groups in total. The van der Waals surface area contributed by atoms with Gasteiger partial charge in [0.25, 0.3) is 5.91 Å². The fourth-order valence-electron chi connectivity index (χ4n) is 2.29. The van der Waals surface area contributed by atoms with Crippen molar-refractivity contribution in [2.75, 3.05) is 13.1 Å². The van der Waals surface area contributed by atoms with Crippen LogP contribution in [0.3, 0.4) is 0 Å². The third-order valence-corrected chi connectivity index (χ3v) is 3.24. The summed E-state index contributed by atoms with van der Waals surface area (Å²) in [5, 5.41) is 9.62. The Labute approximate surface area is 100 Å². The van der Waals surface area contributed by atoms with Gasteiger partial charge in [-0.2, -0.15) is 0 Å². The summed E-state index contributed by atoms with van der Waals surface area (Å²) in [7, 11) is 0. The van der Waals surface area contributed by atoms with Crippen LogP contribution in [0.2, 0.25) is 0 Å². The minimum atomic E-state index is -0.216. The van der Waals surface area contributed by atoms with Gasteiger partial charge in [-0.1, -0.05) is 0 Å². The summed E-state index contributed by atoms with van der Waals surface area (Å²) >= 11 is 0. The van der Waals surface area contributed by atoms with Crippen molar-refractivity contribution >= 4 is 5.91 Å². The van der Waals surface area contributed by atoms with Gasteiger partial charge < -0.3 is 15.7 Å². The lowest BCUT2D eigenvalue weighted by Gasteiger charge is -2.21. The van der Waals surface area contributed by atoms with E-state index in [0.29, 0.717) is 19.0 Å². The van der Waals surface area contributed by atoms with E-state index in [0.717, 1.165) is 6.42 Å². The molecule has 0 spiro atoms. The second-order valence-electron chi connectivity index (χ2n) is 4.52. The Balaban J connectivity index is 2.19. The minimum absolute atomic E-state index is 0.0686. The number of hydrogen-bond donors (Lipinski definition) is 2. The van der Waals surface area contributed by atoms with Crippen LogP contribution in [0.1, 0.15) is 23.8 Å². The van der Waals surface area contributed by atoms with E-state index in [1.54, 1.807) is 11.0 Å².